The SMILES string of the molecule is CC(C)CCCOc1ccc(C#N)c(Cl)c1. The van der Waals surface area contributed by atoms with Crippen LogP contribution in [0.1, 0.15) is 32.3 Å². The van der Waals surface area contributed by atoms with Crippen LogP contribution >= 0.6 is 11.6 Å². The first kappa shape index (κ1) is 12.9. The van der Waals surface area contributed by atoms with E-state index >= 15 is 0 Å². The van der Waals surface area contributed by atoms with Crippen LogP contribution in [-0.2, 0) is 0 Å². The Morgan fingerprint density at radius 2 is 2.19 bits per heavy atom. The van der Waals surface area contributed by atoms with Gasteiger partial charge in [0, 0.05) is 6.07 Å². The van der Waals surface area contributed by atoms with Crippen molar-refractivity contribution in [3.8, 4) is 11.8 Å². The van der Waals surface area contributed by atoms with Crippen molar-refractivity contribution in [2.24, 2.45) is 5.92 Å². The van der Waals surface area contributed by atoms with Gasteiger partial charge in [-0.05, 0) is 30.9 Å². The maximum atomic E-state index is 8.71. The smallest absolute Gasteiger partial charge is 0.120 e. The predicted octanol–water partition coefficient (Wildman–Crippen LogP) is 4.03. The summed E-state index contributed by atoms with van der Waals surface area (Å²) in [6.07, 6.45) is 2.19. The van der Waals surface area contributed by atoms with Gasteiger partial charge >= 0.3 is 0 Å². The van der Waals surface area contributed by atoms with E-state index in [1.807, 2.05) is 6.07 Å². The Balaban J connectivity index is 2.44. The van der Waals surface area contributed by atoms with Crippen molar-refractivity contribution in [3.63, 3.8) is 0 Å². The van der Waals surface area contributed by atoms with Crippen molar-refractivity contribution < 1.29 is 4.74 Å². The number of halogens is 1. The second-order valence-electron chi connectivity index (χ2n) is 4.14. The lowest BCUT2D eigenvalue weighted by molar-refractivity contribution is 0.298. The molecule has 0 amide bonds. The molecule has 0 radical (unpaired) electrons. The third-order valence-electron chi connectivity index (χ3n) is 2.26. The molecule has 0 saturated carbocycles. The summed E-state index contributed by atoms with van der Waals surface area (Å²) < 4.78 is 5.54. The van der Waals surface area contributed by atoms with Crippen LogP contribution in [0, 0.1) is 17.2 Å². The van der Waals surface area contributed by atoms with Crippen LogP contribution in [0.25, 0.3) is 0 Å². The molecule has 16 heavy (non-hydrogen) atoms. The lowest BCUT2D eigenvalue weighted by Gasteiger charge is -2.08. The summed E-state index contributed by atoms with van der Waals surface area (Å²) in [4.78, 5) is 0. The van der Waals surface area contributed by atoms with Gasteiger partial charge in [0.05, 0.1) is 17.2 Å². The molecule has 3 heteroatoms. The van der Waals surface area contributed by atoms with E-state index in [1.165, 1.54) is 0 Å². The van der Waals surface area contributed by atoms with Crippen molar-refractivity contribution in [1.29, 1.82) is 5.26 Å². The van der Waals surface area contributed by atoms with Crippen LogP contribution in [0.15, 0.2) is 18.2 Å². The highest BCUT2D eigenvalue weighted by Gasteiger charge is 2.01. The molecule has 0 fully saturated rings. The number of rotatable bonds is 5. The number of nitrogens with zero attached hydrogens (tertiary/aromatic N) is 1. The first-order chi connectivity index (χ1) is 7.63. The molecule has 2 nitrogen and oxygen atoms in total. The second-order valence-corrected chi connectivity index (χ2v) is 4.55. The van der Waals surface area contributed by atoms with Gasteiger partial charge in [0.2, 0.25) is 0 Å². The molecule has 0 aliphatic rings. The fraction of sp³-hybridized carbons (Fsp3) is 0.462. The summed E-state index contributed by atoms with van der Waals surface area (Å²) in [5.41, 5.74) is 0.483. The molecule has 0 aliphatic carbocycles. The van der Waals surface area contributed by atoms with Crippen molar-refractivity contribution in [2.75, 3.05) is 6.61 Å². The minimum Gasteiger partial charge on any atom is -0.494 e. The number of hydrogen-bond donors (Lipinski definition) is 0. The van der Waals surface area contributed by atoms with E-state index in [-0.39, 0.29) is 0 Å². The van der Waals surface area contributed by atoms with Crippen molar-refractivity contribution in [1.82, 2.24) is 0 Å². The molecule has 1 aromatic carbocycles. The van der Waals surface area contributed by atoms with E-state index in [4.69, 9.17) is 21.6 Å². The Morgan fingerprint density at radius 1 is 1.44 bits per heavy atom. The zero-order valence-electron chi connectivity index (χ0n) is 9.66. The maximum absolute atomic E-state index is 8.71. The van der Waals surface area contributed by atoms with Gasteiger partial charge in [-0.3, -0.25) is 0 Å². The van der Waals surface area contributed by atoms with Gasteiger partial charge in [0.1, 0.15) is 11.8 Å². The molecule has 0 aromatic heterocycles. The molecule has 0 spiro atoms. The molecule has 0 N–H and O–H groups in total. The molecule has 86 valence electrons. The minimum atomic E-state index is 0.448. The summed E-state index contributed by atoms with van der Waals surface area (Å²) >= 11 is 5.89. The Morgan fingerprint density at radius 3 is 2.75 bits per heavy atom. The molecule has 0 saturated heterocycles. The minimum absolute atomic E-state index is 0.448. The van der Waals surface area contributed by atoms with E-state index in [9.17, 15) is 0 Å². The first-order valence-corrected chi connectivity index (χ1v) is 5.83. The van der Waals surface area contributed by atoms with E-state index < -0.39 is 0 Å². The first-order valence-electron chi connectivity index (χ1n) is 5.46. The number of ether oxygens (including phenoxy) is 1. The fourth-order valence-corrected chi connectivity index (χ4v) is 1.57. The van der Waals surface area contributed by atoms with Gasteiger partial charge in [-0.25, -0.2) is 0 Å². The summed E-state index contributed by atoms with van der Waals surface area (Å²) in [5.74, 6) is 1.43. The zero-order valence-corrected chi connectivity index (χ0v) is 10.4. The molecular formula is C13H16ClNO. The van der Waals surface area contributed by atoms with Crippen LogP contribution in [0.5, 0.6) is 5.75 Å². The van der Waals surface area contributed by atoms with Crippen molar-refractivity contribution in [2.45, 2.75) is 26.7 Å². The summed E-state index contributed by atoms with van der Waals surface area (Å²) in [6, 6.07) is 7.17. The normalized spacial score (nSPS) is 10.2. The summed E-state index contributed by atoms with van der Waals surface area (Å²) in [7, 11) is 0. The molecule has 1 rings (SSSR count). The fourth-order valence-electron chi connectivity index (χ4n) is 1.36. The largest absolute Gasteiger partial charge is 0.494 e. The molecule has 1 aromatic rings. The highest BCUT2D eigenvalue weighted by atomic mass is 35.5. The topological polar surface area (TPSA) is 33.0 Å². The second kappa shape index (κ2) is 6.40. The van der Waals surface area contributed by atoms with Gasteiger partial charge in [0.15, 0.2) is 0 Å². The number of hydrogen-bond acceptors (Lipinski definition) is 2. The van der Waals surface area contributed by atoms with E-state index in [1.54, 1.807) is 18.2 Å². The van der Waals surface area contributed by atoms with Gasteiger partial charge in [-0.2, -0.15) is 5.26 Å². The summed E-state index contributed by atoms with van der Waals surface area (Å²) in [6.45, 7) is 5.08. The van der Waals surface area contributed by atoms with Crippen LogP contribution in [-0.4, -0.2) is 6.61 Å². The molecule has 0 unspecified atom stereocenters. The van der Waals surface area contributed by atoms with E-state index in [0.29, 0.717) is 23.1 Å². The van der Waals surface area contributed by atoms with Crippen LogP contribution in [0.2, 0.25) is 5.02 Å². The van der Waals surface area contributed by atoms with Gasteiger partial charge in [-0.1, -0.05) is 25.4 Å². The monoisotopic (exact) mass is 237 g/mol. The molecule has 0 aliphatic heterocycles. The lowest BCUT2D eigenvalue weighted by Crippen LogP contribution is -1.99. The van der Waals surface area contributed by atoms with Crippen molar-refractivity contribution in [3.05, 3.63) is 28.8 Å². The highest BCUT2D eigenvalue weighted by molar-refractivity contribution is 6.31. The van der Waals surface area contributed by atoms with Gasteiger partial charge in [0.25, 0.3) is 0 Å². The molecular weight excluding hydrogens is 222 g/mol. The Hall–Kier alpha value is -1.20. The average molecular weight is 238 g/mol. The Labute approximate surface area is 102 Å². The standard InChI is InChI=1S/C13H16ClNO/c1-10(2)4-3-7-16-12-6-5-11(9-15)13(14)8-12/h5-6,8,10H,3-4,7H2,1-2H3. The predicted molar refractivity (Wildman–Crippen MR) is 65.7 cm³/mol. The average Bonchev–Trinajstić information content (AvgIpc) is 2.24. The van der Waals surface area contributed by atoms with Crippen LogP contribution in [0.4, 0.5) is 0 Å². The van der Waals surface area contributed by atoms with Gasteiger partial charge in [-0.15, -0.1) is 0 Å². The highest BCUT2D eigenvalue weighted by Crippen LogP contribution is 2.22. The van der Waals surface area contributed by atoms with Crippen molar-refractivity contribution >= 4 is 11.6 Å². The lowest BCUT2D eigenvalue weighted by atomic mass is 10.1. The number of benzene rings is 1. The third-order valence-corrected chi connectivity index (χ3v) is 2.57. The molecule has 0 bridgehead atoms. The molecule has 0 atom stereocenters. The summed E-state index contributed by atoms with van der Waals surface area (Å²) in [5, 5.41) is 9.16. The maximum Gasteiger partial charge on any atom is 0.120 e. The third kappa shape index (κ3) is 4.12. The van der Waals surface area contributed by atoms with Crippen LogP contribution < -0.4 is 4.74 Å². The van der Waals surface area contributed by atoms with E-state index in [2.05, 4.69) is 13.8 Å². The Kier molecular flexibility index (Phi) is 5.14. The van der Waals surface area contributed by atoms with Crippen LogP contribution in [0.3, 0.4) is 0 Å². The van der Waals surface area contributed by atoms with Gasteiger partial charge < -0.3 is 4.74 Å². The molecule has 0 heterocycles. The Bertz CT molecular complexity index is 382. The number of nitriles is 1. The van der Waals surface area contributed by atoms with E-state index in [0.717, 1.165) is 18.6 Å². The zero-order chi connectivity index (χ0) is 12.0. The quantitative estimate of drug-likeness (QED) is 0.725.